The van der Waals surface area contributed by atoms with E-state index in [9.17, 15) is 52.8 Å². The largest absolute Gasteiger partial charge is 0.501 e. The summed E-state index contributed by atoms with van der Waals surface area (Å²) in [6, 6.07) is 22.3. The van der Waals surface area contributed by atoms with Gasteiger partial charge in [-0.1, -0.05) is 59.7 Å². The Labute approximate surface area is 343 Å². The van der Waals surface area contributed by atoms with Gasteiger partial charge < -0.3 is 27.6 Å². The van der Waals surface area contributed by atoms with E-state index >= 15 is 0 Å². The highest BCUT2D eigenvalue weighted by atomic mass is 32.2. The van der Waals surface area contributed by atoms with Gasteiger partial charge in [0, 0.05) is 22.5 Å². The first-order chi connectivity index (χ1) is 28.3. The predicted octanol–water partition coefficient (Wildman–Crippen LogP) is 6.87. The van der Waals surface area contributed by atoms with Crippen LogP contribution in [0.1, 0.15) is 32.1 Å². The van der Waals surface area contributed by atoms with Crippen LogP contribution in [0.3, 0.4) is 0 Å². The fourth-order valence-corrected chi connectivity index (χ4v) is 6.19. The first-order valence-electron chi connectivity index (χ1n) is 16.8. The van der Waals surface area contributed by atoms with Gasteiger partial charge in [0.2, 0.25) is 0 Å². The van der Waals surface area contributed by atoms with E-state index in [2.05, 4.69) is 25.3 Å². The standard InChI is InChI=1S/C19H15F3N4O3S.C12H11N3O2.C7H6F3NO2S/c1-11-2-4-12(5-3-11)15-10-24-17(23)16(26-15)18(27)25-13-6-8-14(9-7-13)30(28,29)19(20,21)22;1-7-2-4-8(5-3-7)9-6-14-11(13)10(15-9)12(16)17;8-7(9,10)14(12,13)6-3-1-5(11)2-4-6/h2-10H,1H3,(H2,23,24)(H,25,27);2-6H,1H3,(H2,13,14)(H,16,17);1-4H,11H2. The summed E-state index contributed by atoms with van der Waals surface area (Å²) < 4.78 is 118. The Bertz CT molecular complexity index is 2760. The van der Waals surface area contributed by atoms with Crippen molar-refractivity contribution in [2.24, 2.45) is 0 Å². The molecule has 0 fully saturated rings. The SMILES string of the molecule is Cc1ccc(-c2cnc(N)c(C(=O)Nc3ccc(S(=O)(=O)C(F)(F)F)cc3)n2)cc1.Cc1ccc(-c2cnc(N)c(C(=O)O)n2)cc1.Nc1ccc(S(=O)(=O)C(F)(F)F)cc1. The molecule has 0 aliphatic heterocycles. The molecule has 15 nitrogen and oxygen atoms in total. The second-order valence-corrected chi connectivity index (χ2v) is 16.3. The lowest BCUT2D eigenvalue weighted by atomic mass is 10.1. The first-order valence-corrected chi connectivity index (χ1v) is 19.8. The summed E-state index contributed by atoms with van der Waals surface area (Å²) in [6.45, 7) is 3.89. The molecule has 0 aliphatic rings. The number of amides is 1. The molecule has 0 unspecified atom stereocenters. The number of benzene rings is 4. The van der Waals surface area contributed by atoms with Crippen LogP contribution >= 0.6 is 0 Å². The molecule has 320 valence electrons. The van der Waals surface area contributed by atoms with Crippen molar-refractivity contribution in [1.82, 2.24) is 19.9 Å². The van der Waals surface area contributed by atoms with Crippen molar-refractivity contribution < 1.29 is 57.9 Å². The van der Waals surface area contributed by atoms with E-state index in [0.29, 0.717) is 17.0 Å². The zero-order chi connectivity index (χ0) is 45.5. The van der Waals surface area contributed by atoms with Gasteiger partial charge in [0.1, 0.15) is 0 Å². The minimum atomic E-state index is -5.47. The summed E-state index contributed by atoms with van der Waals surface area (Å²) in [5.41, 5.74) is 10.1. The van der Waals surface area contributed by atoms with Crippen LogP contribution in [0.25, 0.3) is 22.5 Å². The number of hydrogen-bond acceptors (Lipinski definition) is 13. The number of carbonyl (C=O) groups excluding carboxylic acids is 1. The Morgan fingerprint density at radius 1 is 0.574 bits per heavy atom. The smallest absolute Gasteiger partial charge is 0.476 e. The third-order valence-corrected chi connectivity index (χ3v) is 10.9. The maximum atomic E-state index is 12.6. The molecule has 61 heavy (non-hydrogen) atoms. The minimum Gasteiger partial charge on any atom is -0.476 e. The number of nitrogens with two attached hydrogens (primary N) is 3. The number of sulfone groups is 2. The van der Waals surface area contributed by atoms with Crippen LogP contribution in [0.4, 0.5) is 49.4 Å². The topological polar surface area (TPSA) is 264 Å². The number of carbonyl (C=O) groups is 2. The highest BCUT2D eigenvalue weighted by molar-refractivity contribution is 7.92. The van der Waals surface area contributed by atoms with Crippen molar-refractivity contribution in [1.29, 1.82) is 0 Å². The summed E-state index contributed by atoms with van der Waals surface area (Å²) in [7, 11) is -10.7. The zero-order valence-electron chi connectivity index (χ0n) is 31.4. The van der Waals surface area contributed by atoms with Crippen LogP contribution in [0.5, 0.6) is 0 Å². The van der Waals surface area contributed by atoms with E-state index in [-0.39, 0.29) is 34.4 Å². The van der Waals surface area contributed by atoms with E-state index in [1.165, 1.54) is 12.4 Å². The Morgan fingerprint density at radius 2 is 0.934 bits per heavy atom. The molecule has 0 atom stereocenters. The molecular weight excluding hydrogens is 859 g/mol. The summed E-state index contributed by atoms with van der Waals surface area (Å²) in [5.74, 6) is -2.14. The van der Waals surface area contributed by atoms with Crippen LogP contribution in [0.2, 0.25) is 0 Å². The molecule has 6 rings (SSSR count). The van der Waals surface area contributed by atoms with E-state index in [1.807, 2.05) is 50.2 Å². The van der Waals surface area contributed by atoms with Crippen LogP contribution in [-0.4, -0.2) is 64.8 Å². The summed E-state index contributed by atoms with van der Waals surface area (Å²) in [4.78, 5) is 37.7. The van der Waals surface area contributed by atoms with Gasteiger partial charge in [-0.2, -0.15) is 26.3 Å². The minimum absolute atomic E-state index is 0.0584. The number of nitrogens with one attached hydrogen (secondary N) is 1. The lowest BCUT2D eigenvalue weighted by molar-refractivity contribution is -0.0442. The number of hydrogen-bond donors (Lipinski definition) is 5. The van der Waals surface area contributed by atoms with E-state index < -0.39 is 52.4 Å². The molecule has 2 aromatic heterocycles. The molecule has 1 amide bonds. The average molecular weight is 891 g/mol. The van der Waals surface area contributed by atoms with Crippen molar-refractivity contribution in [3.8, 4) is 22.5 Å². The Kier molecular flexibility index (Phi) is 14.1. The molecular formula is C38H32F6N8O7S2. The number of nitrogen functional groups attached to an aromatic ring is 3. The van der Waals surface area contributed by atoms with Gasteiger partial charge in [0.05, 0.1) is 33.6 Å². The van der Waals surface area contributed by atoms with Gasteiger partial charge in [-0.25, -0.2) is 41.6 Å². The van der Waals surface area contributed by atoms with Gasteiger partial charge in [-0.15, -0.1) is 0 Å². The average Bonchev–Trinajstić information content (AvgIpc) is 3.19. The summed E-state index contributed by atoms with van der Waals surface area (Å²) in [6.07, 6.45) is 2.88. The monoisotopic (exact) mass is 890 g/mol. The number of carboxylic acids is 1. The lowest BCUT2D eigenvalue weighted by Crippen LogP contribution is -2.23. The van der Waals surface area contributed by atoms with Crippen molar-refractivity contribution in [3.63, 3.8) is 0 Å². The van der Waals surface area contributed by atoms with E-state index in [4.69, 9.17) is 22.3 Å². The second kappa shape index (κ2) is 18.4. The third-order valence-electron chi connectivity index (χ3n) is 7.94. The Balaban J connectivity index is 0.000000223. The summed E-state index contributed by atoms with van der Waals surface area (Å²) >= 11 is 0. The molecule has 4 aromatic carbocycles. The number of aryl methyl sites for hydroxylation is 2. The number of nitrogens with zero attached hydrogens (tertiary/aromatic N) is 4. The normalized spacial score (nSPS) is 11.6. The Morgan fingerprint density at radius 3 is 1.31 bits per heavy atom. The number of alkyl halides is 6. The molecule has 0 saturated heterocycles. The van der Waals surface area contributed by atoms with E-state index in [0.717, 1.165) is 65.2 Å². The molecule has 0 spiro atoms. The number of anilines is 4. The molecule has 0 aliphatic carbocycles. The highest BCUT2D eigenvalue weighted by Gasteiger charge is 2.47. The molecule has 0 saturated carbocycles. The number of halogens is 6. The van der Waals surface area contributed by atoms with Crippen LogP contribution in [-0.2, 0) is 19.7 Å². The predicted molar refractivity (Wildman–Crippen MR) is 212 cm³/mol. The van der Waals surface area contributed by atoms with Crippen LogP contribution in [0.15, 0.2) is 119 Å². The first kappa shape index (κ1) is 46.5. The molecule has 8 N–H and O–H groups in total. The fraction of sp³-hybridized carbons (Fsp3) is 0.105. The lowest BCUT2D eigenvalue weighted by Gasteiger charge is -2.10. The molecule has 2 heterocycles. The number of carboxylic acid groups (broad SMARTS) is 1. The number of aromatic carboxylic acids is 1. The van der Waals surface area contributed by atoms with Gasteiger partial charge in [0.25, 0.3) is 25.6 Å². The van der Waals surface area contributed by atoms with Gasteiger partial charge in [-0.3, -0.25) is 4.79 Å². The fourth-order valence-electron chi connectivity index (χ4n) is 4.67. The second-order valence-electron chi connectivity index (χ2n) is 12.5. The van der Waals surface area contributed by atoms with Crippen molar-refractivity contribution in [3.05, 3.63) is 132 Å². The maximum Gasteiger partial charge on any atom is 0.501 e. The summed E-state index contributed by atoms with van der Waals surface area (Å²) in [5, 5.41) is 11.3. The zero-order valence-corrected chi connectivity index (χ0v) is 33.0. The molecule has 0 radical (unpaired) electrons. The highest BCUT2D eigenvalue weighted by Crippen LogP contribution is 2.32. The van der Waals surface area contributed by atoms with Gasteiger partial charge in [-0.05, 0) is 62.4 Å². The molecule has 6 aromatic rings. The van der Waals surface area contributed by atoms with Crippen LogP contribution < -0.4 is 22.5 Å². The Hall–Kier alpha value is -7.14. The van der Waals surface area contributed by atoms with Crippen molar-refractivity contribution in [2.45, 2.75) is 34.7 Å². The maximum absolute atomic E-state index is 12.6. The van der Waals surface area contributed by atoms with Crippen molar-refractivity contribution >= 4 is 54.6 Å². The van der Waals surface area contributed by atoms with Crippen LogP contribution in [0, 0.1) is 13.8 Å². The van der Waals surface area contributed by atoms with Crippen molar-refractivity contribution in [2.75, 3.05) is 22.5 Å². The third kappa shape index (κ3) is 11.5. The molecule has 0 bridgehead atoms. The van der Waals surface area contributed by atoms with Gasteiger partial charge in [0.15, 0.2) is 23.0 Å². The van der Waals surface area contributed by atoms with E-state index in [1.54, 1.807) is 12.1 Å². The van der Waals surface area contributed by atoms with Gasteiger partial charge >= 0.3 is 17.0 Å². The molecule has 23 heteroatoms. The number of rotatable bonds is 7. The number of aromatic nitrogens is 4. The quantitative estimate of drug-likeness (QED) is 0.0809.